The lowest BCUT2D eigenvalue weighted by molar-refractivity contribution is -0.144. The molecule has 0 bridgehead atoms. The second-order valence-corrected chi connectivity index (χ2v) is 6.33. The van der Waals surface area contributed by atoms with Crippen molar-refractivity contribution < 1.29 is 22.7 Å². The highest BCUT2D eigenvalue weighted by Crippen LogP contribution is 2.36. The average molecular weight is 410 g/mol. The van der Waals surface area contributed by atoms with E-state index >= 15 is 0 Å². The molecule has 0 spiro atoms. The van der Waals surface area contributed by atoms with Crippen LogP contribution in [0.15, 0.2) is 36.5 Å². The number of halogens is 4. The van der Waals surface area contributed by atoms with Crippen LogP contribution in [0.1, 0.15) is 31.2 Å². The molecule has 146 valence electrons. The fourth-order valence-electron chi connectivity index (χ4n) is 2.69. The molecule has 0 aliphatic rings. The summed E-state index contributed by atoms with van der Waals surface area (Å²) < 4.78 is 44.9. The second-order valence-electron chi connectivity index (χ2n) is 5.98. The van der Waals surface area contributed by atoms with Gasteiger partial charge >= 0.3 is 12.1 Å². The van der Waals surface area contributed by atoms with Crippen LogP contribution >= 0.6 is 11.6 Å². The van der Waals surface area contributed by atoms with E-state index in [4.69, 9.17) is 16.3 Å². The number of nitrogens with zero attached hydrogens (tertiary/aromatic N) is 3. The van der Waals surface area contributed by atoms with Gasteiger partial charge in [-0.15, -0.1) is 0 Å². The van der Waals surface area contributed by atoms with Crippen LogP contribution in [-0.2, 0) is 15.7 Å². The molecule has 1 unspecified atom stereocenters. The third-order valence-corrected chi connectivity index (χ3v) is 4.37. The van der Waals surface area contributed by atoms with E-state index in [9.17, 15) is 18.0 Å². The summed E-state index contributed by atoms with van der Waals surface area (Å²) in [5.74, 6) is -1.16. The first-order valence-electron chi connectivity index (χ1n) is 8.38. The highest BCUT2D eigenvalue weighted by atomic mass is 35.5. The van der Waals surface area contributed by atoms with Crippen molar-refractivity contribution in [2.24, 2.45) is 0 Å². The van der Waals surface area contributed by atoms with Crippen molar-refractivity contribution in [2.75, 3.05) is 6.61 Å². The van der Waals surface area contributed by atoms with Crippen LogP contribution in [0.2, 0.25) is 5.15 Å². The van der Waals surface area contributed by atoms with E-state index in [1.807, 2.05) is 0 Å². The Balaban J connectivity index is 2.13. The first-order valence-corrected chi connectivity index (χ1v) is 8.76. The lowest BCUT2D eigenvalue weighted by Crippen LogP contribution is -2.15. The lowest BCUT2D eigenvalue weighted by atomic mass is 10.0. The van der Waals surface area contributed by atoms with Gasteiger partial charge in [0.15, 0.2) is 0 Å². The zero-order chi connectivity index (χ0) is 20.5. The van der Waals surface area contributed by atoms with E-state index in [1.165, 1.54) is 30.5 Å². The van der Waals surface area contributed by atoms with Gasteiger partial charge < -0.3 is 4.74 Å². The van der Waals surface area contributed by atoms with Crippen LogP contribution in [0, 0.1) is 0 Å². The Labute approximate surface area is 163 Å². The number of aromatic nitrogens is 3. The van der Waals surface area contributed by atoms with Gasteiger partial charge in [0.2, 0.25) is 0 Å². The molecule has 3 aromatic rings. The summed E-state index contributed by atoms with van der Waals surface area (Å²) in [6.45, 7) is 3.45. The van der Waals surface area contributed by atoms with Gasteiger partial charge in [-0.05, 0) is 38.1 Å². The number of pyridine rings is 1. The molecule has 0 saturated heterocycles. The summed E-state index contributed by atoms with van der Waals surface area (Å²) in [4.78, 5) is 24.3. The highest BCUT2D eigenvalue weighted by Gasteiger charge is 2.34. The maximum absolute atomic E-state index is 13.3. The van der Waals surface area contributed by atoms with Crippen LogP contribution in [0.3, 0.4) is 0 Å². The van der Waals surface area contributed by atoms with Gasteiger partial charge in [-0.1, -0.05) is 17.7 Å². The zero-order valence-electron chi connectivity index (χ0n) is 14.9. The molecule has 3 rings (SSSR count). The maximum atomic E-state index is 13.3. The molecule has 0 amide bonds. The minimum absolute atomic E-state index is 0.0970. The van der Waals surface area contributed by atoms with Crippen LogP contribution < -0.4 is 0 Å². The largest absolute Gasteiger partial charge is 0.465 e. The lowest BCUT2D eigenvalue weighted by Gasteiger charge is -2.13. The predicted molar refractivity (Wildman–Crippen MR) is 97.8 cm³/mol. The Hall–Kier alpha value is -2.74. The number of carbonyl (C=O) groups excluding carboxylic acids is 1. The Morgan fingerprint density at radius 1 is 1.25 bits per heavy atom. The Morgan fingerprint density at radius 2 is 2.00 bits per heavy atom. The van der Waals surface area contributed by atoms with Gasteiger partial charge in [0.05, 0.1) is 23.4 Å². The first-order chi connectivity index (χ1) is 13.2. The molecule has 2 aromatic heterocycles. The summed E-state index contributed by atoms with van der Waals surface area (Å²) in [6.07, 6.45) is -3.26. The fourth-order valence-corrected chi connectivity index (χ4v) is 2.93. The predicted octanol–water partition coefficient (Wildman–Crippen LogP) is 5.03. The molecule has 0 fully saturated rings. The van der Waals surface area contributed by atoms with E-state index in [0.717, 1.165) is 6.07 Å². The van der Waals surface area contributed by atoms with Gasteiger partial charge in [0.25, 0.3) is 0 Å². The Bertz CT molecular complexity index is 1040. The van der Waals surface area contributed by atoms with Crippen molar-refractivity contribution in [3.8, 4) is 11.3 Å². The SMILES string of the molecule is CCOC(=O)C(C)c1nc(Cl)c2ccc(-c3ncccc3C(F)(F)F)cc2n1. The second kappa shape index (κ2) is 7.71. The van der Waals surface area contributed by atoms with Crippen molar-refractivity contribution in [1.29, 1.82) is 0 Å². The van der Waals surface area contributed by atoms with Crippen molar-refractivity contribution in [3.63, 3.8) is 0 Å². The van der Waals surface area contributed by atoms with E-state index in [-0.39, 0.29) is 28.8 Å². The molecule has 5 nitrogen and oxygen atoms in total. The molecule has 0 radical (unpaired) electrons. The molecular weight excluding hydrogens is 395 g/mol. The minimum atomic E-state index is -4.55. The zero-order valence-corrected chi connectivity index (χ0v) is 15.7. The van der Waals surface area contributed by atoms with Gasteiger partial charge in [-0.2, -0.15) is 13.2 Å². The summed E-state index contributed by atoms with van der Waals surface area (Å²) >= 11 is 6.19. The van der Waals surface area contributed by atoms with E-state index in [0.29, 0.717) is 10.9 Å². The normalized spacial score (nSPS) is 12.8. The van der Waals surface area contributed by atoms with Crippen LogP contribution in [0.4, 0.5) is 13.2 Å². The quantitative estimate of drug-likeness (QED) is 0.446. The van der Waals surface area contributed by atoms with Crippen LogP contribution in [-0.4, -0.2) is 27.5 Å². The number of fused-ring (bicyclic) bond motifs is 1. The van der Waals surface area contributed by atoms with Gasteiger partial charge in [-0.3, -0.25) is 9.78 Å². The van der Waals surface area contributed by atoms with E-state index in [1.54, 1.807) is 13.8 Å². The molecule has 1 atom stereocenters. The monoisotopic (exact) mass is 409 g/mol. The Morgan fingerprint density at radius 3 is 2.68 bits per heavy atom. The van der Waals surface area contributed by atoms with Crippen molar-refractivity contribution in [2.45, 2.75) is 25.9 Å². The van der Waals surface area contributed by atoms with E-state index in [2.05, 4.69) is 15.0 Å². The third kappa shape index (κ3) is 3.91. The highest BCUT2D eigenvalue weighted by molar-refractivity contribution is 6.34. The van der Waals surface area contributed by atoms with Crippen LogP contribution in [0.5, 0.6) is 0 Å². The van der Waals surface area contributed by atoms with Gasteiger partial charge in [-0.25, -0.2) is 9.97 Å². The van der Waals surface area contributed by atoms with Crippen molar-refractivity contribution in [3.05, 3.63) is 53.1 Å². The number of hydrogen-bond acceptors (Lipinski definition) is 5. The summed E-state index contributed by atoms with van der Waals surface area (Å²) in [7, 11) is 0. The van der Waals surface area contributed by atoms with Crippen molar-refractivity contribution >= 4 is 28.5 Å². The maximum Gasteiger partial charge on any atom is 0.418 e. The minimum Gasteiger partial charge on any atom is -0.465 e. The average Bonchev–Trinajstić information content (AvgIpc) is 2.66. The van der Waals surface area contributed by atoms with Crippen molar-refractivity contribution in [1.82, 2.24) is 15.0 Å². The summed E-state index contributed by atoms with van der Waals surface area (Å²) in [6, 6.07) is 6.64. The molecule has 28 heavy (non-hydrogen) atoms. The number of carbonyl (C=O) groups is 1. The number of alkyl halides is 3. The molecule has 9 heteroatoms. The summed E-state index contributed by atoms with van der Waals surface area (Å²) in [5, 5.41) is 0.550. The molecule has 0 N–H and O–H groups in total. The first kappa shape index (κ1) is 20.0. The third-order valence-electron chi connectivity index (χ3n) is 4.08. The molecule has 2 heterocycles. The molecule has 0 aliphatic carbocycles. The molecule has 0 saturated carbocycles. The number of benzene rings is 1. The number of hydrogen-bond donors (Lipinski definition) is 0. The molecular formula is C19H15ClF3N3O2. The Kier molecular flexibility index (Phi) is 5.51. The summed E-state index contributed by atoms with van der Waals surface area (Å²) in [5.41, 5.74) is -0.534. The smallest absolute Gasteiger partial charge is 0.418 e. The van der Waals surface area contributed by atoms with Gasteiger partial charge in [0.1, 0.15) is 16.9 Å². The standard InChI is InChI=1S/C19H15ClF3N3O2/c1-3-28-18(27)10(2)17-25-14-9-11(6-7-12(14)16(20)26-17)15-13(19(21,22)23)5-4-8-24-15/h4-10H,3H2,1-2H3. The molecule has 1 aromatic carbocycles. The fraction of sp³-hybridized carbons (Fsp3) is 0.263. The number of rotatable bonds is 4. The molecule has 0 aliphatic heterocycles. The van der Waals surface area contributed by atoms with Crippen LogP contribution in [0.25, 0.3) is 22.2 Å². The van der Waals surface area contributed by atoms with Gasteiger partial charge in [0, 0.05) is 17.1 Å². The van der Waals surface area contributed by atoms with E-state index < -0.39 is 23.6 Å². The topological polar surface area (TPSA) is 65.0 Å². The number of ether oxygens (including phenoxy) is 1. The number of esters is 1.